The van der Waals surface area contributed by atoms with E-state index in [0.29, 0.717) is 5.57 Å². The van der Waals surface area contributed by atoms with Gasteiger partial charge in [-0.05, 0) is 18.4 Å². The zero-order valence-corrected chi connectivity index (χ0v) is 13.9. The average molecular weight is 338 g/mol. The maximum Gasteiger partial charge on any atom is 0.356 e. The van der Waals surface area contributed by atoms with Crippen LogP contribution >= 0.6 is 0 Å². The maximum atomic E-state index is 12.0. The lowest BCUT2D eigenvalue weighted by molar-refractivity contribution is -0.240. The molecule has 0 amide bonds. The van der Waals surface area contributed by atoms with Crippen molar-refractivity contribution in [2.75, 3.05) is 27.4 Å². The molecule has 0 aromatic rings. The molecular weight excluding hydrogens is 316 g/mol. The van der Waals surface area contributed by atoms with E-state index in [2.05, 4.69) is 10.5 Å². The number of rotatable bonds is 2. The van der Waals surface area contributed by atoms with E-state index in [0.717, 1.165) is 32.1 Å². The zero-order valence-electron chi connectivity index (χ0n) is 13.9. The van der Waals surface area contributed by atoms with Gasteiger partial charge in [0.15, 0.2) is 11.5 Å². The molecule has 1 saturated heterocycles. The van der Waals surface area contributed by atoms with Crippen LogP contribution in [0.5, 0.6) is 0 Å². The first kappa shape index (κ1) is 16.9. The Morgan fingerprint density at radius 3 is 2.50 bits per heavy atom. The smallest absolute Gasteiger partial charge is 0.356 e. The Morgan fingerprint density at radius 1 is 1.12 bits per heavy atom. The van der Waals surface area contributed by atoms with E-state index in [1.54, 1.807) is 0 Å². The number of nitrogens with zero attached hydrogens (tertiary/aromatic N) is 1. The predicted octanol–water partition coefficient (Wildman–Crippen LogP) is 0.869. The third-order valence-electron chi connectivity index (χ3n) is 4.76. The SMILES string of the molecule is COC(=O)C1=NNC(C(=O)OC)=C2COC3(CCCCC3)OC[C@H]12. The molecule has 3 rings (SSSR count). The second-order valence-electron chi connectivity index (χ2n) is 6.12. The topological polar surface area (TPSA) is 95.5 Å². The Balaban J connectivity index is 1.93. The summed E-state index contributed by atoms with van der Waals surface area (Å²) in [5, 5.41) is 4.01. The van der Waals surface area contributed by atoms with Gasteiger partial charge in [0.2, 0.25) is 0 Å². The first-order chi connectivity index (χ1) is 11.6. The van der Waals surface area contributed by atoms with E-state index in [4.69, 9.17) is 18.9 Å². The van der Waals surface area contributed by atoms with Gasteiger partial charge in [0.05, 0.1) is 33.4 Å². The molecule has 1 N–H and O–H groups in total. The molecule has 8 nitrogen and oxygen atoms in total. The summed E-state index contributed by atoms with van der Waals surface area (Å²) >= 11 is 0. The molecule has 1 saturated carbocycles. The summed E-state index contributed by atoms with van der Waals surface area (Å²) in [5.41, 5.74) is 3.60. The molecule has 1 atom stereocenters. The summed E-state index contributed by atoms with van der Waals surface area (Å²) in [6.45, 7) is 0.392. The average Bonchev–Trinajstić information content (AvgIpc) is 2.81. The van der Waals surface area contributed by atoms with Crippen molar-refractivity contribution in [1.29, 1.82) is 0 Å². The summed E-state index contributed by atoms with van der Waals surface area (Å²) in [7, 11) is 2.59. The minimum absolute atomic E-state index is 0.177. The van der Waals surface area contributed by atoms with Crippen molar-refractivity contribution in [3.63, 3.8) is 0 Å². The number of hydrazone groups is 1. The van der Waals surface area contributed by atoms with Gasteiger partial charge in [0.1, 0.15) is 5.70 Å². The number of hydrogen-bond donors (Lipinski definition) is 1. The van der Waals surface area contributed by atoms with E-state index in [9.17, 15) is 9.59 Å². The van der Waals surface area contributed by atoms with Crippen LogP contribution in [-0.2, 0) is 28.5 Å². The molecule has 0 aromatic carbocycles. The van der Waals surface area contributed by atoms with Gasteiger partial charge in [-0.3, -0.25) is 5.43 Å². The normalized spacial score (nSPS) is 25.9. The second kappa shape index (κ2) is 6.90. The number of methoxy groups -OCH3 is 2. The van der Waals surface area contributed by atoms with Crippen molar-refractivity contribution >= 4 is 17.7 Å². The van der Waals surface area contributed by atoms with Crippen LogP contribution in [0.4, 0.5) is 0 Å². The van der Waals surface area contributed by atoms with Crippen LogP contribution in [0.1, 0.15) is 32.1 Å². The van der Waals surface area contributed by atoms with Crippen molar-refractivity contribution in [2.24, 2.45) is 11.0 Å². The third kappa shape index (κ3) is 3.03. The molecule has 8 heteroatoms. The molecule has 2 aliphatic heterocycles. The highest BCUT2D eigenvalue weighted by Crippen LogP contribution is 2.38. The number of fused-ring (bicyclic) bond motifs is 1. The first-order valence-electron chi connectivity index (χ1n) is 8.11. The summed E-state index contributed by atoms with van der Waals surface area (Å²) < 4.78 is 21.7. The quantitative estimate of drug-likeness (QED) is 0.746. The van der Waals surface area contributed by atoms with Gasteiger partial charge in [0.25, 0.3) is 0 Å². The van der Waals surface area contributed by atoms with Gasteiger partial charge in [-0.2, -0.15) is 5.10 Å². The lowest BCUT2D eigenvalue weighted by Crippen LogP contribution is -2.39. The molecule has 1 spiro atoms. The first-order valence-corrected chi connectivity index (χ1v) is 8.11. The van der Waals surface area contributed by atoms with Gasteiger partial charge in [-0.1, -0.05) is 6.42 Å². The molecule has 0 radical (unpaired) electrons. The Kier molecular flexibility index (Phi) is 4.86. The van der Waals surface area contributed by atoms with E-state index in [-0.39, 0.29) is 24.6 Å². The van der Waals surface area contributed by atoms with Crippen LogP contribution in [0.3, 0.4) is 0 Å². The Labute approximate surface area is 140 Å². The molecule has 24 heavy (non-hydrogen) atoms. The maximum absolute atomic E-state index is 12.0. The monoisotopic (exact) mass is 338 g/mol. The number of hydrogen-bond acceptors (Lipinski definition) is 8. The van der Waals surface area contributed by atoms with Crippen molar-refractivity contribution in [3.05, 3.63) is 11.3 Å². The van der Waals surface area contributed by atoms with Crippen LogP contribution in [-0.4, -0.2) is 50.9 Å². The van der Waals surface area contributed by atoms with E-state index < -0.39 is 23.6 Å². The lowest BCUT2D eigenvalue weighted by Gasteiger charge is -2.35. The molecule has 2 heterocycles. The Bertz CT molecular complexity index is 591. The molecule has 2 fully saturated rings. The highest BCUT2D eigenvalue weighted by Gasteiger charge is 2.43. The molecule has 1 aliphatic carbocycles. The number of carbonyl (C=O) groups is 2. The zero-order chi connectivity index (χ0) is 17.2. The third-order valence-corrected chi connectivity index (χ3v) is 4.76. The van der Waals surface area contributed by atoms with Crippen LogP contribution in [0, 0.1) is 5.92 Å². The van der Waals surface area contributed by atoms with Gasteiger partial charge in [0, 0.05) is 12.8 Å². The lowest BCUT2D eigenvalue weighted by atomic mass is 9.92. The minimum Gasteiger partial charge on any atom is -0.464 e. The molecule has 3 aliphatic rings. The predicted molar refractivity (Wildman–Crippen MR) is 82.8 cm³/mol. The number of nitrogens with one attached hydrogen (secondary N) is 1. The highest BCUT2D eigenvalue weighted by atomic mass is 16.7. The van der Waals surface area contributed by atoms with Crippen LogP contribution < -0.4 is 5.43 Å². The summed E-state index contributed by atoms with van der Waals surface area (Å²) in [5.74, 6) is -2.25. The van der Waals surface area contributed by atoms with E-state index in [1.807, 2.05) is 0 Å². The number of ether oxygens (including phenoxy) is 4. The fourth-order valence-electron chi connectivity index (χ4n) is 3.39. The van der Waals surface area contributed by atoms with Crippen molar-refractivity contribution in [1.82, 2.24) is 5.43 Å². The van der Waals surface area contributed by atoms with Gasteiger partial charge in [-0.25, -0.2) is 9.59 Å². The summed E-state index contributed by atoms with van der Waals surface area (Å²) in [6.07, 6.45) is 4.83. The fraction of sp³-hybridized carbons (Fsp3) is 0.688. The van der Waals surface area contributed by atoms with Gasteiger partial charge in [-0.15, -0.1) is 0 Å². The van der Waals surface area contributed by atoms with Crippen molar-refractivity contribution < 1.29 is 28.5 Å². The fourth-order valence-corrected chi connectivity index (χ4v) is 3.39. The number of esters is 2. The number of carbonyl (C=O) groups excluding carboxylic acids is 2. The minimum atomic E-state index is -0.648. The standard InChI is InChI=1S/C16H22N2O6/c1-21-14(19)12-10-8-23-16(6-4-3-5-7-16)24-9-11(10)13(18-17-12)15(20)22-2/h10,18H,3-9H2,1-2H3/t10-/m0/s1. The molecule has 0 bridgehead atoms. The molecule has 0 aromatic heterocycles. The van der Waals surface area contributed by atoms with E-state index >= 15 is 0 Å². The largest absolute Gasteiger partial charge is 0.464 e. The van der Waals surface area contributed by atoms with E-state index in [1.165, 1.54) is 14.2 Å². The van der Waals surface area contributed by atoms with Crippen LogP contribution in [0.25, 0.3) is 0 Å². The molecular formula is C16H22N2O6. The molecule has 0 unspecified atom stereocenters. The van der Waals surface area contributed by atoms with Crippen molar-refractivity contribution in [3.8, 4) is 0 Å². The summed E-state index contributed by atoms with van der Waals surface area (Å²) in [6, 6.07) is 0. The second-order valence-corrected chi connectivity index (χ2v) is 6.12. The van der Waals surface area contributed by atoms with Crippen LogP contribution in [0.2, 0.25) is 0 Å². The van der Waals surface area contributed by atoms with Crippen molar-refractivity contribution in [2.45, 2.75) is 37.9 Å². The highest BCUT2D eigenvalue weighted by molar-refractivity contribution is 6.38. The summed E-state index contributed by atoms with van der Waals surface area (Å²) in [4.78, 5) is 24.0. The Hall–Kier alpha value is -1.93. The van der Waals surface area contributed by atoms with Gasteiger partial charge < -0.3 is 18.9 Å². The van der Waals surface area contributed by atoms with Crippen LogP contribution in [0.15, 0.2) is 16.4 Å². The van der Waals surface area contributed by atoms with Gasteiger partial charge >= 0.3 is 11.9 Å². The molecule has 132 valence electrons. The Morgan fingerprint density at radius 2 is 1.83 bits per heavy atom.